The summed E-state index contributed by atoms with van der Waals surface area (Å²) in [6.07, 6.45) is 6.88. The summed E-state index contributed by atoms with van der Waals surface area (Å²) >= 11 is 0. The van der Waals surface area contributed by atoms with Crippen LogP contribution in [0.25, 0.3) is 0 Å². The fourth-order valence-electron chi connectivity index (χ4n) is 5.04. The lowest BCUT2D eigenvalue weighted by molar-refractivity contribution is 0.0456. The lowest BCUT2D eigenvalue weighted by atomic mass is 9.96. The maximum Gasteiger partial charge on any atom is 0.355 e. The summed E-state index contributed by atoms with van der Waals surface area (Å²) < 4.78 is 7.91. The minimum absolute atomic E-state index is 0.136. The number of nitrogens with zero attached hydrogens (tertiary/aromatic N) is 5. The fraction of sp³-hybridized carbons (Fsp3) is 0.529. The number of aliphatic hydroxyl groups is 1. The van der Waals surface area contributed by atoms with Crippen molar-refractivity contribution in [3.63, 3.8) is 0 Å². The number of aliphatic imine (C=N–C) groups is 1. The minimum atomic E-state index is -0.798. The minimum Gasteiger partial charge on any atom is -0.510 e. The van der Waals surface area contributed by atoms with Crippen molar-refractivity contribution < 1.29 is 19.4 Å². The van der Waals surface area contributed by atoms with Gasteiger partial charge in [-0.3, -0.25) is 0 Å². The Morgan fingerprint density at radius 2 is 2.02 bits per heavy atom. The maximum atomic E-state index is 14.4. The Balaban J connectivity index is 2.54. The number of allylic oxidation sites excluding steroid dienone is 3. The van der Waals surface area contributed by atoms with E-state index in [0.717, 1.165) is 33.7 Å². The molecule has 0 saturated carbocycles. The van der Waals surface area contributed by atoms with Crippen molar-refractivity contribution in [1.29, 1.82) is 5.26 Å². The van der Waals surface area contributed by atoms with E-state index in [-0.39, 0.29) is 30.7 Å². The molecular weight excluding hydrogens is 587 g/mol. The summed E-state index contributed by atoms with van der Waals surface area (Å²) in [5.41, 5.74) is 4.67. The first-order valence-corrected chi connectivity index (χ1v) is 16.1. The van der Waals surface area contributed by atoms with Gasteiger partial charge in [0.15, 0.2) is 0 Å². The third-order valence-electron chi connectivity index (χ3n) is 8.12. The molecule has 0 radical (unpaired) electrons. The van der Waals surface area contributed by atoms with Crippen LogP contribution in [-0.4, -0.2) is 58.8 Å². The van der Waals surface area contributed by atoms with Gasteiger partial charge in [-0.05, 0) is 77.3 Å². The molecule has 1 aromatic rings. The van der Waals surface area contributed by atoms with Crippen LogP contribution in [0.3, 0.4) is 0 Å². The molecule has 1 aromatic heterocycles. The summed E-state index contributed by atoms with van der Waals surface area (Å²) in [6, 6.07) is 2.55. The fourth-order valence-corrected chi connectivity index (χ4v) is 5.18. The van der Waals surface area contributed by atoms with E-state index >= 15 is 0 Å². The Bertz CT molecular complexity index is 1370. The molecule has 1 heterocycles. The average molecular weight is 639 g/mol. The smallest absolute Gasteiger partial charge is 0.355 e. The van der Waals surface area contributed by atoms with Gasteiger partial charge in [0.05, 0.1) is 30.0 Å². The molecule has 11 heteroatoms. The second-order valence-electron chi connectivity index (χ2n) is 12.1. The van der Waals surface area contributed by atoms with Crippen LogP contribution >= 0.6 is 9.24 Å². The largest absolute Gasteiger partial charge is 0.510 e. The van der Waals surface area contributed by atoms with Crippen molar-refractivity contribution in [3.05, 3.63) is 64.1 Å². The number of anilines is 1. The second kappa shape index (κ2) is 17.7. The summed E-state index contributed by atoms with van der Waals surface area (Å²) in [5.74, 6) is 2.32. The lowest BCUT2D eigenvalue weighted by Crippen LogP contribution is -2.54. The van der Waals surface area contributed by atoms with Gasteiger partial charge in [0.2, 0.25) is 0 Å². The van der Waals surface area contributed by atoms with Crippen molar-refractivity contribution in [1.82, 2.24) is 14.8 Å². The summed E-state index contributed by atoms with van der Waals surface area (Å²) in [7, 11) is 4.44. The van der Waals surface area contributed by atoms with Crippen LogP contribution in [0.4, 0.5) is 15.3 Å². The van der Waals surface area contributed by atoms with E-state index in [1.165, 1.54) is 0 Å². The number of aryl methyl sites for hydroxylation is 2. The molecule has 5 atom stereocenters. The molecule has 0 spiro atoms. The number of hydrogen-bond acceptors (Lipinski definition) is 6. The molecule has 4 amide bonds. The monoisotopic (exact) mass is 638 g/mol. The van der Waals surface area contributed by atoms with Crippen molar-refractivity contribution >= 4 is 33.7 Å². The average Bonchev–Trinajstić information content (AvgIpc) is 3.32. The molecule has 0 bridgehead atoms. The molecule has 246 valence electrons. The van der Waals surface area contributed by atoms with Gasteiger partial charge in [-0.1, -0.05) is 43.3 Å². The summed E-state index contributed by atoms with van der Waals surface area (Å²) in [6.45, 7) is 18.0. The standard InChI is InChI=1S/C34H51N6O4P/c1-10-22(2)20-44-32-17-31(41)30(15-25(32)5)37-27(7)39(18-28(14-24(4)21-45)13-23(3)11-12-35)34(43)40(33(42)36-8)29-16-26(6)38(9)19-29/h13,15-16,19,21-22,27-28,32,37,41H,8,10-11,14,17-18,20,45H2,1-7,9H3/b23-13+,24-21-. The highest BCUT2D eigenvalue weighted by Crippen LogP contribution is 2.27. The Morgan fingerprint density at radius 1 is 1.33 bits per heavy atom. The number of nitrogens with one attached hydrogen (secondary N) is 1. The number of rotatable bonds is 14. The van der Waals surface area contributed by atoms with Gasteiger partial charge in [-0.25, -0.2) is 19.5 Å². The molecule has 45 heavy (non-hydrogen) atoms. The Hall–Kier alpha value is -3.67. The zero-order valence-electron chi connectivity index (χ0n) is 28.1. The Kier molecular flexibility index (Phi) is 14.8. The van der Waals surface area contributed by atoms with Gasteiger partial charge in [-0.2, -0.15) is 5.26 Å². The number of aromatic nitrogens is 1. The summed E-state index contributed by atoms with van der Waals surface area (Å²) in [5, 5.41) is 23.7. The van der Waals surface area contributed by atoms with Crippen molar-refractivity contribution in [2.24, 2.45) is 23.9 Å². The van der Waals surface area contributed by atoms with Gasteiger partial charge >= 0.3 is 12.1 Å². The molecule has 0 saturated heterocycles. The molecular formula is C34H51N6O4P. The van der Waals surface area contributed by atoms with Crippen LogP contribution in [0.5, 0.6) is 0 Å². The van der Waals surface area contributed by atoms with Crippen LogP contribution in [0, 0.1) is 30.1 Å². The number of ether oxygens (including phenoxy) is 1. The van der Waals surface area contributed by atoms with E-state index < -0.39 is 18.2 Å². The van der Waals surface area contributed by atoms with Crippen LogP contribution in [0.15, 0.2) is 63.4 Å². The van der Waals surface area contributed by atoms with E-state index in [0.29, 0.717) is 36.8 Å². The predicted octanol–water partition coefficient (Wildman–Crippen LogP) is 7.51. The number of urea groups is 2. The van der Waals surface area contributed by atoms with Gasteiger partial charge in [-0.15, -0.1) is 9.24 Å². The Labute approximate surface area is 271 Å². The normalized spacial score (nSPS) is 17.6. The predicted molar refractivity (Wildman–Crippen MR) is 185 cm³/mol. The highest BCUT2D eigenvalue weighted by Gasteiger charge is 2.34. The Morgan fingerprint density at radius 3 is 2.58 bits per heavy atom. The van der Waals surface area contributed by atoms with E-state index in [2.05, 4.69) is 46.2 Å². The van der Waals surface area contributed by atoms with Gasteiger partial charge in [0.25, 0.3) is 0 Å². The quantitative estimate of drug-likeness (QED) is 0.0941. The molecule has 1 aliphatic rings. The number of hydrogen-bond donors (Lipinski definition) is 2. The maximum absolute atomic E-state index is 14.4. The second-order valence-corrected chi connectivity index (χ2v) is 12.4. The molecule has 0 fully saturated rings. The first-order chi connectivity index (χ1) is 21.3. The lowest BCUT2D eigenvalue weighted by Gasteiger charge is -2.36. The third-order valence-corrected chi connectivity index (χ3v) is 8.69. The highest BCUT2D eigenvalue weighted by molar-refractivity contribution is 7.20. The number of aliphatic hydroxyl groups excluding tert-OH is 1. The third kappa shape index (κ3) is 10.7. The molecule has 5 unspecified atom stereocenters. The molecule has 10 nitrogen and oxygen atoms in total. The summed E-state index contributed by atoms with van der Waals surface area (Å²) in [4.78, 5) is 33.7. The van der Waals surface area contributed by atoms with Gasteiger partial charge < -0.3 is 24.6 Å². The van der Waals surface area contributed by atoms with Crippen LogP contribution in [-0.2, 0) is 11.8 Å². The van der Waals surface area contributed by atoms with Crippen molar-refractivity contribution in [3.8, 4) is 6.07 Å². The molecule has 2 rings (SSSR count). The van der Waals surface area contributed by atoms with Gasteiger partial charge in [0.1, 0.15) is 11.9 Å². The number of amides is 4. The van der Waals surface area contributed by atoms with Crippen LogP contribution < -0.4 is 10.2 Å². The zero-order chi connectivity index (χ0) is 33.8. The van der Waals surface area contributed by atoms with E-state index in [9.17, 15) is 20.0 Å². The van der Waals surface area contributed by atoms with E-state index in [1.807, 2.05) is 64.2 Å². The van der Waals surface area contributed by atoms with Crippen LogP contribution in [0.1, 0.15) is 72.9 Å². The van der Waals surface area contributed by atoms with E-state index in [4.69, 9.17) is 4.74 Å². The zero-order valence-corrected chi connectivity index (χ0v) is 29.3. The highest BCUT2D eigenvalue weighted by atomic mass is 31.0. The van der Waals surface area contributed by atoms with Crippen molar-refractivity contribution in [2.75, 3.05) is 18.1 Å². The topological polar surface area (TPSA) is 123 Å². The van der Waals surface area contributed by atoms with Crippen LogP contribution in [0.2, 0.25) is 0 Å². The van der Waals surface area contributed by atoms with Gasteiger partial charge in [0, 0.05) is 38.5 Å². The van der Waals surface area contributed by atoms with E-state index in [1.54, 1.807) is 17.2 Å². The SMILES string of the molecule is C=NC(=O)N(C(=O)N(CC(/C=C(\C)CC#N)C/C(C)=C\P)C(C)NC1=C(O)CC(OCC(C)CC)C(C)=C1)c1cc(C)n(C)c1. The molecule has 1 aliphatic carbocycles. The number of nitriles is 1. The van der Waals surface area contributed by atoms with Crippen molar-refractivity contribution in [2.45, 2.75) is 86.4 Å². The molecule has 2 N–H and O–H groups in total. The first-order valence-electron chi connectivity index (χ1n) is 15.4. The number of carbonyl (C=O) groups is 2. The number of imide groups is 1. The molecule has 0 aliphatic heterocycles. The molecule has 0 aromatic carbocycles. The first kappa shape index (κ1) is 37.5. The number of carbonyl (C=O) groups excluding carboxylic acids is 2.